The number of thiazole rings is 1. The molecule has 21 heavy (non-hydrogen) atoms. The van der Waals surface area contributed by atoms with Crippen molar-refractivity contribution in [2.75, 3.05) is 6.54 Å². The summed E-state index contributed by atoms with van der Waals surface area (Å²) in [5.41, 5.74) is -0.320. The number of aliphatic hydroxyl groups is 1. The maximum Gasteiger partial charge on any atom is 0.271 e. The largest absolute Gasteiger partial charge is 0.393 e. The van der Waals surface area contributed by atoms with Crippen LogP contribution in [-0.4, -0.2) is 33.0 Å². The monoisotopic (exact) mass is 307 g/mol. The summed E-state index contributed by atoms with van der Waals surface area (Å²) >= 11 is 1.35. The van der Waals surface area contributed by atoms with Crippen LogP contribution in [-0.2, 0) is 0 Å². The molecule has 0 aromatic carbocycles. The van der Waals surface area contributed by atoms with Gasteiger partial charge in [-0.3, -0.25) is 14.0 Å². The molecule has 2 aromatic rings. The van der Waals surface area contributed by atoms with Gasteiger partial charge in [0, 0.05) is 30.2 Å². The Kier molecular flexibility index (Phi) is 4.03. The Morgan fingerprint density at radius 2 is 2.29 bits per heavy atom. The van der Waals surface area contributed by atoms with E-state index in [1.165, 1.54) is 21.9 Å². The number of hydrogen-bond donors (Lipinski definition) is 2. The molecule has 1 saturated carbocycles. The first-order chi connectivity index (χ1) is 10.2. The number of aliphatic hydroxyl groups excluding tert-OH is 1. The quantitative estimate of drug-likeness (QED) is 0.887. The summed E-state index contributed by atoms with van der Waals surface area (Å²) in [7, 11) is 0. The standard InChI is InChI=1S/C14H17N3O3S/c18-11-4-2-1-3-9(11)7-15-12(19)10-8-16-14-17(13(10)20)5-6-21-14/h5-6,8-9,11,18H,1-4,7H2,(H,15,19). The summed E-state index contributed by atoms with van der Waals surface area (Å²) in [6.07, 6.45) is 6.36. The van der Waals surface area contributed by atoms with Crippen LogP contribution < -0.4 is 10.9 Å². The zero-order valence-corrected chi connectivity index (χ0v) is 12.3. The second-order valence-electron chi connectivity index (χ2n) is 5.35. The maximum atomic E-state index is 12.2. The lowest BCUT2D eigenvalue weighted by atomic mass is 9.86. The van der Waals surface area contributed by atoms with Crippen molar-refractivity contribution in [3.05, 3.63) is 33.7 Å². The van der Waals surface area contributed by atoms with Crippen molar-refractivity contribution in [3.63, 3.8) is 0 Å². The Hall–Kier alpha value is -1.73. The van der Waals surface area contributed by atoms with Crippen molar-refractivity contribution in [2.24, 2.45) is 5.92 Å². The molecule has 1 aliphatic rings. The molecule has 1 amide bonds. The number of hydrogen-bond acceptors (Lipinski definition) is 5. The van der Waals surface area contributed by atoms with Crippen molar-refractivity contribution >= 4 is 22.2 Å². The summed E-state index contributed by atoms with van der Waals surface area (Å²) < 4.78 is 1.37. The first-order valence-corrected chi connectivity index (χ1v) is 7.96. The third-order valence-corrected chi connectivity index (χ3v) is 4.75. The van der Waals surface area contributed by atoms with Gasteiger partial charge in [0.25, 0.3) is 11.5 Å². The van der Waals surface area contributed by atoms with E-state index in [4.69, 9.17) is 0 Å². The third kappa shape index (κ3) is 2.84. The van der Waals surface area contributed by atoms with Crippen molar-refractivity contribution in [1.82, 2.24) is 14.7 Å². The van der Waals surface area contributed by atoms with E-state index in [2.05, 4.69) is 10.3 Å². The van der Waals surface area contributed by atoms with Gasteiger partial charge in [-0.05, 0) is 12.8 Å². The minimum atomic E-state index is -0.425. The molecule has 2 unspecified atom stereocenters. The second-order valence-corrected chi connectivity index (χ2v) is 6.23. The predicted molar refractivity (Wildman–Crippen MR) is 79.6 cm³/mol. The highest BCUT2D eigenvalue weighted by molar-refractivity contribution is 7.15. The Bertz CT molecular complexity index is 709. The number of nitrogens with zero attached hydrogens (tertiary/aromatic N) is 2. The SMILES string of the molecule is O=C(NCC1CCCCC1O)c1cnc2sccn2c1=O. The van der Waals surface area contributed by atoms with Crippen molar-refractivity contribution < 1.29 is 9.90 Å². The zero-order chi connectivity index (χ0) is 14.8. The molecule has 7 heteroatoms. The fourth-order valence-electron chi connectivity index (χ4n) is 2.73. The average Bonchev–Trinajstić information content (AvgIpc) is 2.96. The van der Waals surface area contributed by atoms with E-state index in [0.29, 0.717) is 11.5 Å². The van der Waals surface area contributed by atoms with Crippen molar-refractivity contribution in [3.8, 4) is 0 Å². The molecule has 3 rings (SSSR count). The molecular weight excluding hydrogens is 290 g/mol. The molecular formula is C14H17N3O3S. The molecule has 1 fully saturated rings. The molecule has 2 aromatic heterocycles. The van der Waals surface area contributed by atoms with Crippen LogP contribution in [0.15, 0.2) is 22.6 Å². The van der Waals surface area contributed by atoms with E-state index >= 15 is 0 Å². The maximum absolute atomic E-state index is 12.2. The highest BCUT2D eigenvalue weighted by Gasteiger charge is 2.24. The van der Waals surface area contributed by atoms with Gasteiger partial charge < -0.3 is 10.4 Å². The van der Waals surface area contributed by atoms with Gasteiger partial charge in [0.1, 0.15) is 5.56 Å². The Morgan fingerprint density at radius 1 is 1.48 bits per heavy atom. The van der Waals surface area contributed by atoms with E-state index in [9.17, 15) is 14.7 Å². The molecule has 2 heterocycles. The summed E-state index contributed by atoms with van der Waals surface area (Å²) in [5.74, 6) is -0.353. The average molecular weight is 307 g/mol. The normalized spacial score (nSPS) is 22.3. The molecule has 0 aliphatic heterocycles. The van der Waals surface area contributed by atoms with Crippen LogP contribution in [0.2, 0.25) is 0 Å². The van der Waals surface area contributed by atoms with E-state index in [-0.39, 0.29) is 23.1 Å². The van der Waals surface area contributed by atoms with E-state index in [1.54, 1.807) is 11.6 Å². The topological polar surface area (TPSA) is 83.7 Å². The first kappa shape index (κ1) is 14.2. The third-order valence-electron chi connectivity index (χ3n) is 3.98. The van der Waals surface area contributed by atoms with Crippen LogP contribution in [0.4, 0.5) is 0 Å². The van der Waals surface area contributed by atoms with Crippen LogP contribution in [0.3, 0.4) is 0 Å². The van der Waals surface area contributed by atoms with Gasteiger partial charge in [-0.25, -0.2) is 4.98 Å². The highest BCUT2D eigenvalue weighted by atomic mass is 32.1. The van der Waals surface area contributed by atoms with Crippen LogP contribution in [0, 0.1) is 5.92 Å². The molecule has 0 bridgehead atoms. The van der Waals surface area contributed by atoms with Gasteiger partial charge in [0.15, 0.2) is 4.96 Å². The van der Waals surface area contributed by atoms with Gasteiger partial charge in [-0.2, -0.15) is 0 Å². The summed E-state index contributed by atoms with van der Waals surface area (Å²) in [6, 6.07) is 0. The second kappa shape index (κ2) is 5.95. The molecule has 0 radical (unpaired) electrons. The Balaban J connectivity index is 1.72. The number of rotatable bonds is 3. The minimum absolute atomic E-state index is 0.0381. The van der Waals surface area contributed by atoms with Gasteiger partial charge in [-0.15, -0.1) is 11.3 Å². The van der Waals surface area contributed by atoms with Crippen LogP contribution in [0.25, 0.3) is 4.96 Å². The predicted octanol–water partition coefficient (Wildman–Crippen LogP) is 1.04. The summed E-state index contributed by atoms with van der Waals surface area (Å²) in [5, 5.41) is 14.4. The molecule has 1 aliphatic carbocycles. The van der Waals surface area contributed by atoms with Gasteiger partial charge in [-0.1, -0.05) is 12.8 Å². The lowest BCUT2D eigenvalue weighted by molar-refractivity contribution is 0.0662. The van der Waals surface area contributed by atoms with Crippen molar-refractivity contribution in [2.45, 2.75) is 31.8 Å². The number of carbonyl (C=O) groups excluding carboxylic acids is 1. The molecule has 2 N–H and O–H groups in total. The van der Waals surface area contributed by atoms with Crippen LogP contribution in [0.1, 0.15) is 36.0 Å². The summed E-state index contributed by atoms with van der Waals surface area (Å²) in [6.45, 7) is 0.395. The highest BCUT2D eigenvalue weighted by Crippen LogP contribution is 2.23. The Morgan fingerprint density at radius 3 is 3.10 bits per heavy atom. The molecule has 6 nitrogen and oxygen atoms in total. The smallest absolute Gasteiger partial charge is 0.271 e. The van der Waals surface area contributed by atoms with Gasteiger partial charge in [0.2, 0.25) is 0 Å². The number of aromatic nitrogens is 2. The van der Waals surface area contributed by atoms with Crippen molar-refractivity contribution in [1.29, 1.82) is 0 Å². The Labute approximate surface area is 125 Å². The van der Waals surface area contributed by atoms with E-state index < -0.39 is 5.91 Å². The summed E-state index contributed by atoms with van der Waals surface area (Å²) in [4.78, 5) is 29.0. The first-order valence-electron chi connectivity index (χ1n) is 7.08. The van der Waals surface area contributed by atoms with Crippen LogP contribution >= 0.6 is 11.3 Å². The van der Waals surface area contributed by atoms with Gasteiger partial charge in [0.05, 0.1) is 6.10 Å². The number of fused-ring (bicyclic) bond motifs is 1. The number of nitrogens with one attached hydrogen (secondary N) is 1. The van der Waals surface area contributed by atoms with E-state index in [1.807, 2.05) is 0 Å². The zero-order valence-electron chi connectivity index (χ0n) is 11.5. The number of carbonyl (C=O) groups is 1. The lowest BCUT2D eigenvalue weighted by Gasteiger charge is -2.27. The van der Waals surface area contributed by atoms with Crippen LogP contribution in [0.5, 0.6) is 0 Å². The van der Waals surface area contributed by atoms with E-state index in [0.717, 1.165) is 25.7 Å². The minimum Gasteiger partial charge on any atom is -0.393 e. The molecule has 0 spiro atoms. The van der Waals surface area contributed by atoms with Gasteiger partial charge >= 0.3 is 0 Å². The molecule has 0 saturated heterocycles. The molecule has 2 atom stereocenters. The molecule has 112 valence electrons. The lowest BCUT2D eigenvalue weighted by Crippen LogP contribution is -2.38. The fraction of sp³-hybridized carbons (Fsp3) is 0.500. The number of amides is 1. The fourth-order valence-corrected chi connectivity index (χ4v) is 3.40.